The summed E-state index contributed by atoms with van der Waals surface area (Å²) in [7, 11) is 5.49. The Labute approximate surface area is 170 Å². The molecule has 0 aliphatic heterocycles. The maximum absolute atomic E-state index is 5.88. The van der Waals surface area contributed by atoms with E-state index in [-0.39, 0.29) is 5.60 Å². The molecule has 0 heterocycles. The van der Waals surface area contributed by atoms with Crippen LogP contribution in [0.5, 0.6) is 5.75 Å². The Bertz CT molecular complexity index is 579. The molecule has 0 unspecified atom stereocenters. The van der Waals surface area contributed by atoms with E-state index < -0.39 is 0 Å². The molecular weight excluding hydrogens is 356 g/mol. The van der Waals surface area contributed by atoms with Gasteiger partial charge in [-0.2, -0.15) is 0 Å². The van der Waals surface area contributed by atoms with Gasteiger partial charge in [0.1, 0.15) is 12.4 Å². The largest absolute Gasteiger partial charge is 0.492 e. The van der Waals surface area contributed by atoms with E-state index in [2.05, 4.69) is 40.6 Å². The second-order valence-corrected chi connectivity index (χ2v) is 7.30. The topological polar surface area (TPSA) is 67.4 Å². The summed E-state index contributed by atoms with van der Waals surface area (Å²) >= 11 is 0. The van der Waals surface area contributed by atoms with Crippen LogP contribution in [0.15, 0.2) is 29.3 Å². The number of nitrogens with zero attached hydrogens (tertiary/aromatic N) is 2. The van der Waals surface area contributed by atoms with Gasteiger partial charge in [0.05, 0.1) is 18.8 Å². The molecule has 2 N–H and O–H groups in total. The van der Waals surface area contributed by atoms with Crippen LogP contribution in [0, 0.1) is 0 Å². The third-order valence-electron chi connectivity index (χ3n) is 4.32. The summed E-state index contributed by atoms with van der Waals surface area (Å²) in [5, 5.41) is 6.59. The monoisotopic (exact) mass is 394 g/mol. The van der Waals surface area contributed by atoms with E-state index >= 15 is 0 Å². The number of hydrogen-bond acceptors (Lipinski definition) is 5. The summed E-state index contributed by atoms with van der Waals surface area (Å²) in [4.78, 5) is 6.85. The van der Waals surface area contributed by atoms with E-state index in [1.807, 2.05) is 32.0 Å². The van der Waals surface area contributed by atoms with Crippen LogP contribution >= 0.6 is 0 Å². The average Bonchev–Trinajstić information content (AvgIpc) is 2.69. The standard InChI is InChI=1S/C21H38N4O3/c1-7-22-20(24-17-21(2,3)27-6)23-16-18-9-8-10-19(15-18)28-14-12-25(4)11-13-26-5/h8-10,15H,7,11-14,16-17H2,1-6H3,(H2,22,23,24). The molecule has 0 aromatic heterocycles. The summed E-state index contributed by atoms with van der Waals surface area (Å²) in [5.41, 5.74) is 0.855. The van der Waals surface area contributed by atoms with Crippen molar-refractivity contribution in [3.05, 3.63) is 29.8 Å². The summed E-state index contributed by atoms with van der Waals surface area (Å²) in [6.45, 7) is 11.3. The smallest absolute Gasteiger partial charge is 0.191 e. The Kier molecular flexibility index (Phi) is 11.6. The number of guanidine groups is 1. The molecule has 1 aromatic carbocycles. The number of ether oxygens (including phenoxy) is 3. The molecule has 1 rings (SSSR count). The van der Waals surface area contributed by atoms with Crippen molar-refractivity contribution >= 4 is 5.96 Å². The van der Waals surface area contributed by atoms with Crippen molar-refractivity contribution in [3.8, 4) is 5.75 Å². The SMILES string of the molecule is CCNC(=NCc1cccc(OCCN(C)CCOC)c1)NCC(C)(C)OC. The molecule has 28 heavy (non-hydrogen) atoms. The Morgan fingerprint density at radius 2 is 1.89 bits per heavy atom. The first kappa shape index (κ1) is 24.2. The number of likely N-dealkylation sites (N-methyl/N-ethyl adjacent to an activating group) is 1. The lowest BCUT2D eigenvalue weighted by Crippen LogP contribution is -2.45. The zero-order valence-electron chi connectivity index (χ0n) is 18.4. The fraction of sp³-hybridized carbons (Fsp3) is 0.667. The molecule has 0 aliphatic carbocycles. The van der Waals surface area contributed by atoms with Gasteiger partial charge in [-0.3, -0.25) is 0 Å². The molecule has 160 valence electrons. The van der Waals surface area contributed by atoms with E-state index in [0.717, 1.165) is 43.5 Å². The van der Waals surface area contributed by atoms with Gasteiger partial charge >= 0.3 is 0 Å². The highest BCUT2D eigenvalue weighted by atomic mass is 16.5. The Hall–Kier alpha value is -1.83. The van der Waals surface area contributed by atoms with E-state index in [1.54, 1.807) is 14.2 Å². The van der Waals surface area contributed by atoms with Crippen LogP contribution in [0.25, 0.3) is 0 Å². The van der Waals surface area contributed by atoms with Crippen molar-refractivity contribution in [2.75, 3.05) is 60.7 Å². The zero-order valence-corrected chi connectivity index (χ0v) is 18.4. The normalized spacial score (nSPS) is 12.3. The molecule has 0 bridgehead atoms. The van der Waals surface area contributed by atoms with E-state index in [4.69, 9.17) is 14.2 Å². The number of aliphatic imine (C=N–C) groups is 1. The molecular formula is C21H38N4O3. The van der Waals surface area contributed by atoms with Gasteiger partial charge in [-0.25, -0.2) is 4.99 Å². The Balaban J connectivity index is 2.55. The number of methoxy groups -OCH3 is 2. The Morgan fingerprint density at radius 3 is 2.57 bits per heavy atom. The van der Waals surface area contributed by atoms with Crippen LogP contribution in [-0.2, 0) is 16.0 Å². The Morgan fingerprint density at radius 1 is 1.14 bits per heavy atom. The van der Waals surface area contributed by atoms with E-state index in [1.165, 1.54) is 0 Å². The van der Waals surface area contributed by atoms with E-state index in [0.29, 0.717) is 19.7 Å². The lowest BCUT2D eigenvalue weighted by atomic mass is 10.1. The predicted molar refractivity (Wildman–Crippen MR) is 115 cm³/mol. The van der Waals surface area contributed by atoms with Gasteiger partial charge in [-0.1, -0.05) is 12.1 Å². The second kappa shape index (κ2) is 13.4. The van der Waals surface area contributed by atoms with Gasteiger partial charge in [0.25, 0.3) is 0 Å². The fourth-order valence-corrected chi connectivity index (χ4v) is 2.29. The molecule has 7 heteroatoms. The molecule has 0 spiro atoms. The van der Waals surface area contributed by atoms with Crippen LogP contribution in [0.2, 0.25) is 0 Å². The second-order valence-electron chi connectivity index (χ2n) is 7.30. The highest BCUT2D eigenvalue weighted by molar-refractivity contribution is 5.79. The molecule has 0 atom stereocenters. The number of nitrogens with one attached hydrogen (secondary N) is 2. The number of hydrogen-bond donors (Lipinski definition) is 2. The fourth-order valence-electron chi connectivity index (χ4n) is 2.29. The minimum atomic E-state index is -0.250. The molecule has 0 aliphatic rings. The molecule has 0 saturated carbocycles. The van der Waals surface area contributed by atoms with Gasteiger partial charge in [0.2, 0.25) is 0 Å². The van der Waals surface area contributed by atoms with Crippen LogP contribution < -0.4 is 15.4 Å². The predicted octanol–water partition coefficient (Wildman–Crippen LogP) is 2.12. The van der Waals surface area contributed by atoms with Crippen LogP contribution in [0.3, 0.4) is 0 Å². The lowest BCUT2D eigenvalue weighted by Gasteiger charge is -2.24. The van der Waals surface area contributed by atoms with Crippen molar-refractivity contribution in [3.63, 3.8) is 0 Å². The number of benzene rings is 1. The molecule has 7 nitrogen and oxygen atoms in total. The minimum Gasteiger partial charge on any atom is -0.492 e. The molecule has 1 aromatic rings. The molecule has 0 amide bonds. The van der Waals surface area contributed by atoms with Crippen molar-refractivity contribution in [2.24, 2.45) is 4.99 Å². The van der Waals surface area contributed by atoms with Gasteiger partial charge in [0.15, 0.2) is 5.96 Å². The summed E-state index contributed by atoms with van der Waals surface area (Å²) in [6.07, 6.45) is 0. The summed E-state index contributed by atoms with van der Waals surface area (Å²) in [5.74, 6) is 1.64. The molecule has 0 saturated heterocycles. The van der Waals surface area contributed by atoms with Gasteiger partial charge < -0.3 is 29.7 Å². The highest BCUT2D eigenvalue weighted by Crippen LogP contribution is 2.14. The van der Waals surface area contributed by atoms with Crippen molar-refractivity contribution in [2.45, 2.75) is 32.9 Å². The van der Waals surface area contributed by atoms with Gasteiger partial charge in [0, 0.05) is 40.4 Å². The first-order valence-electron chi connectivity index (χ1n) is 9.86. The van der Waals surface area contributed by atoms with Gasteiger partial charge in [-0.15, -0.1) is 0 Å². The first-order chi connectivity index (χ1) is 13.4. The summed E-state index contributed by atoms with van der Waals surface area (Å²) < 4.78 is 16.4. The van der Waals surface area contributed by atoms with Crippen molar-refractivity contribution < 1.29 is 14.2 Å². The first-order valence-corrected chi connectivity index (χ1v) is 9.86. The molecule has 0 fully saturated rings. The average molecular weight is 395 g/mol. The third kappa shape index (κ3) is 10.5. The maximum Gasteiger partial charge on any atom is 0.191 e. The van der Waals surface area contributed by atoms with Crippen molar-refractivity contribution in [1.82, 2.24) is 15.5 Å². The van der Waals surface area contributed by atoms with Crippen LogP contribution in [-0.4, -0.2) is 77.1 Å². The number of rotatable bonds is 13. The quantitative estimate of drug-likeness (QED) is 0.395. The third-order valence-corrected chi connectivity index (χ3v) is 4.32. The molecule has 0 radical (unpaired) electrons. The lowest BCUT2D eigenvalue weighted by molar-refractivity contribution is 0.0268. The van der Waals surface area contributed by atoms with Crippen molar-refractivity contribution in [1.29, 1.82) is 0 Å². The maximum atomic E-state index is 5.88. The van der Waals surface area contributed by atoms with Crippen LogP contribution in [0.1, 0.15) is 26.3 Å². The van der Waals surface area contributed by atoms with Crippen LogP contribution in [0.4, 0.5) is 0 Å². The minimum absolute atomic E-state index is 0.250. The van der Waals surface area contributed by atoms with Gasteiger partial charge in [-0.05, 0) is 45.5 Å². The zero-order chi connectivity index (χ0) is 20.8. The van der Waals surface area contributed by atoms with E-state index in [9.17, 15) is 0 Å². The highest BCUT2D eigenvalue weighted by Gasteiger charge is 2.16. The summed E-state index contributed by atoms with van der Waals surface area (Å²) in [6, 6.07) is 8.08.